The van der Waals surface area contributed by atoms with Crippen molar-refractivity contribution in [2.75, 3.05) is 14.1 Å². The van der Waals surface area contributed by atoms with Gasteiger partial charge in [-0.25, -0.2) is 4.79 Å². The number of carbonyl (C=O) groups is 3. The van der Waals surface area contributed by atoms with Crippen molar-refractivity contribution in [3.63, 3.8) is 0 Å². The Morgan fingerprint density at radius 1 is 1.21 bits per heavy atom. The number of urea groups is 1. The zero-order valence-corrected chi connectivity index (χ0v) is 7.80. The molecule has 1 aliphatic heterocycles. The number of hydrogen-bond donors (Lipinski definition) is 1. The van der Waals surface area contributed by atoms with Crippen molar-refractivity contribution in [3.05, 3.63) is 0 Å². The lowest BCUT2D eigenvalue weighted by atomic mass is 10.1. The number of nitrogens with zero attached hydrogens (tertiary/aromatic N) is 3. The SMILES string of the molecule is CN1C(=O)C(C=NN)C(=O)N(C)C1=O. The van der Waals surface area contributed by atoms with Crippen LogP contribution in [0.25, 0.3) is 0 Å². The molecule has 0 atom stereocenters. The van der Waals surface area contributed by atoms with E-state index in [-0.39, 0.29) is 0 Å². The van der Waals surface area contributed by atoms with Gasteiger partial charge in [-0.05, 0) is 0 Å². The molecule has 1 aliphatic rings. The summed E-state index contributed by atoms with van der Waals surface area (Å²) in [7, 11) is 2.59. The number of hydrogen-bond acceptors (Lipinski definition) is 5. The highest BCUT2D eigenvalue weighted by atomic mass is 16.2. The second-order valence-electron chi connectivity index (χ2n) is 2.85. The number of hydrazone groups is 1. The summed E-state index contributed by atoms with van der Waals surface area (Å²) in [4.78, 5) is 35.7. The zero-order chi connectivity index (χ0) is 10.9. The molecule has 0 saturated carbocycles. The Morgan fingerprint density at radius 3 is 2.00 bits per heavy atom. The van der Waals surface area contributed by atoms with E-state index >= 15 is 0 Å². The Hall–Kier alpha value is -1.92. The number of rotatable bonds is 1. The third-order valence-corrected chi connectivity index (χ3v) is 2.00. The molecule has 0 radical (unpaired) electrons. The fraction of sp³-hybridized carbons (Fsp3) is 0.429. The lowest BCUT2D eigenvalue weighted by Crippen LogP contribution is -2.57. The summed E-state index contributed by atoms with van der Waals surface area (Å²) in [6.07, 6.45) is 1.02. The van der Waals surface area contributed by atoms with E-state index in [4.69, 9.17) is 5.84 Å². The molecule has 7 heteroatoms. The van der Waals surface area contributed by atoms with Crippen molar-refractivity contribution < 1.29 is 14.4 Å². The fourth-order valence-electron chi connectivity index (χ4n) is 1.15. The maximum absolute atomic E-state index is 11.4. The molecule has 0 aromatic rings. The molecule has 0 spiro atoms. The molecule has 7 nitrogen and oxygen atoms in total. The van der Waals surface area contributed by atoms with Crippen LogP contribution in [0.2, 0.25) is 0 Å². The quantitative estimate of drug-likeness (QED) is 0.242. The molecular weight excluding hydrogens is 188 g/mol. The van der Waals surface area contributed by atoms with Crippen molar-refractivity contribution in [3.8, 4) is 0 Å². The highest BCUT2D eigenvalue weighted by molar-refractivity contribution is 6.23. The van der Waals surface area contributed by atoms with E-state index in [0.717, 1.165) is 16.0 Å². The minimum atomic E-state index is -1.09. The normalized spacial score (nSPS) is 20.0. The van der Waals surface area contributed by atoms with Gasteiger partial charge in [-0.15, -0.1) is 0 Å². The largest absolute Gasteiger partial charge is 0.332 e. The molecule has 2 N–H and O–H groups in total. The molecule has 0 aliphatic carbocycles. The molecular formula is C7H10N4O3. The summed E-state index contributed by atoms with van der Waals surface area (Å²) in [5.41, 5.74) is 0. The number of nitrogens with two attached hydrogens (primary N) is 1. The highest BCUT2D eigenvalue weighted by Crippen LogP contribution is 2.12. The summed E-state index contributed by atoms with van der Waals surface area (Å²) in [6, 6.07) is -0.651. The number of imide groups is 2. The highest BCUT2D eigenvalue weighted by Gasteiger charge is 2.41. The van der Waals surface area contributed by atoms with Gasteiger partial charge in [-0.1, -0.05) is 0 Å². The van der Waals surface area contributed by atoms with Crippen LogP contribution in [0.1, 0.15) is 0 Å². The van der Waals surface area contributed by atoms with Gasteiger partial charge >= 0.3 is 6.03 Å². The second-order valence-corrected chi connectivity index (χ2v) is 2.85. The molecule has 1 fully saturated rings. The van der Waals surface area contributed by atoms with Gasteiger partial charge in [0.2, 0.25) is 11.8 Å². The van der Waals surface area contributed by atoms with Gasteiger partial charge in [-0.2, -0.15) is 5.10 Å². The van der Waals surface area contributed by atoms with Crippen LogP contribution in [-0.2, 0) is 9.59 Å². The molecule has 0 aromatic carbocycles. The van der Waals surface area contributed by atoms with Gasteiger partial charge in [0, 0.05) is 20.3 Å². The third-order valence-electron chi connectivity index (χ3n) is 2.00. The molecule has 4 amide bonds. The smallest absolute Gasteiger partial charge is 0.324 e. The molecule has 1 heterocycles. The first-order valence-corrected chi connectivity index (χ1v) is 3.83. The van der Waals surface area contributed by atoms with Gasteiger partial charge in [0.05, 0.1) is 0 Å². The molecule has 1 rings (SSSR count). The zero-order valence-electron chi connectivity index (χ0n) is 7.80. The molecule has 76 valence electrons. The summed E-state index contributed by atoms with van der Waals surface area (Å²) in [5.74, 6) is 2.53. The van der Waals surface area contributed by atoms with E-state index in [2.05, 4.69) is 5.10 Å². The average molecular weight is 198 g/mol. The molecule has 0 aromatic heterocycles. The maximum Gasteiger partial charge on any atom is 0.332 e. The predicted molar refractivity (Wildman–Crippen MR) is 47.1 cm³/mol. The van der Waals surface area contributed by atoms with Crippen molar-refractivity contribution in [2.45, 2.75) is 0 Å². The fourth-order valence-corrected chi connectivity index (χ4v) is 1.15. The minimum Gasteiger partial charge on any atom is -0.324 e. The van der Waals surface area contributed by atoms with E-state index in [0.29, 0.717) is 0 Å². The van der Waals surface area contributed by atoms with Crippen LogP contribution in [0.4, 0.5) is 4.79 Å². The average Bonchev–Trinajstić information content (AvgIpc) is 2.19. The van der Waals surface area contributed by atoms with E-state index in [9.17, 15) is 14.4 Å². The first kappa shape index (κ1) is 10.2. The summed E-state index contributed by atoms with van der Waals surface area (Å²) in [6.45, 7) is 0. The van der Waals surface area contributed by atoms with Crippen LogP contribution in [0.5, 0.6) is 0 Å². The summed E-state index contributed by atoms with van der Waals surface area (Å²) in [5, 5.41) is 3.12. The van der Waals surface area contributed by atoms with Crippen molar-refractivity contribution in [1.29, 1.82) is 0 Å². The number of amides is 4. The Kier molecular flexibility index (Phi) is 2.50. The van der Waals surface area contributed by atoms with E-state index in [1.807, 2.05) is 0 Å². The first-order valence-electron chi connectivity index (χ1n) is 3.83. The van der Waals surface area contributed by atoms with Gasteiger partial charge in [0.25, 0.3) is 0 Å². The third kappa shape index (κ3) is 1.32. The Morgan fingerprint density at radius 2 is 1.64 bits per heavy atom. The molecule has 1 saturated heterocycles. The van der Waals surface area contributed by atoms with Crippen LogP contribution in [0.3, 0.4) is 0 Å². The maximum atomic E-state index is 11.4. The van der Waals surface area contributed by atoms with Crippen LogP contribution in [0.15, 0.2) is 5.10 Å². The molecule has 0 bridgehead atoms. The Balaban J connectivity index is 3.04. The summed E-state index contributed by atoms with van der Waals surface area (Å²) < 4.78 is 0. The first-order chi connectivity index (χ1) is 6.50. The van der Waals surface area contributed by atoms with Crippen molar-refractivity contribution >= 4 is 24.1 Å². The Labute approximate surface area is 80.1 Å². The van der Waals surface area contributed by atoms with Gasteiger partial charge in [0.15, 0.2) is 5.92 Å². The van der Waals surface area contributed by atoms with E-state index in [1.54, 1.807) is 0 Å². The topological polar surface area (TPSA) is 96.1 Å². The number of barbiturate groups is 1. The minimum absolute atomic E-state index is 0.618. The number of carbonyl (C=O) groups excluding carboxylic acids is 3. The van der Waals surface area contributed by atoms with Crippen LogP contribution < -0.4 is 5.84 Å². The van der Waals surface area contributed by atoms with E-state index < -0.39 is 23.8 Å². The second kappa shape index (κ2) is 3.44. The van der Waals surface area contributed by atoms with Gasteiger partial charge < -0.3 is 5.84 Å². The van der Waals surface area contributed by atoms with E-state index in [1.165, 1.54) is 14.1 Å². The van der Waals surface area contributed by atoms with Crippen molar-refractivity contribution in [1.82, 2.24) is 9.80 Å². The van der Waals surface area contributed by atoms with Gasteiger partial charge in [-0.3, -0.25) is 19.4 Å². The lowest BCUT2D eigenvalue weighted by molar-refractivity contribution is -0.144. The van der Waals surface area contributed by atoms with Crippen LogP contribution in [0, 0.1) is 5.92 Å². The van der Waals surface area contributed by atoms with Crippen molar-refractivity contribution in [2.24, 2.45) is 16.9 Å². The molecule has 0 unspecified atom stereocenters. The lowest BCUT2D eigenvalue weighted by Gasteiger charge is -2.30. The standard InChI is InChI=1S/C7H10N4O3/c1-10-5(12)4(3-9-8)6(13)11(2)7(10)14/h3-4H,8H2,1-2H3. The van der Waals surface area contributed by atoms with Crippen LogP contribution >= 0.6 is 0 Å². The monoisotopic (exact) mass is 198 g/mol. The Bertz CT molecular complexity index is 301. The predicted octanol–water partition coefficient (Wildman–Crippen LogP) is -1.40. The molecule has 14 heavy (non-hydrogen) atoms. The summed E-state index contributed by atoms with van der Waals surface area (Å²) >= 11 is 0. The van der Waals surface area contributed by atoms with Gasteiger partial charge in [0.1, 0.15) is 0 Å². The van der Waals surface area contributed by atoms with Crippen LogP contribution in [-0.4, -0.2) is 48.0 Å².